The first-order chi connectivity index (χ1) is 9.06. The summed E-state index contributed by atoms with van der Waals surface area (Å²) in [6, 6.07) is 1.85. The summed E-state index contributed by atoms with van der Waals surface area (Å²) >= 11 is 0. The van der Waals surface area contributed by atoms with Crippen LogP contribution in [0.4, 0.5) is 5.82 Å². The number of likely N-dealkylation sites (N-methyl/N-ethyl adjacent to an activating group) is 1. The van der Waals surface area contributed by atoms with Crippen molar-refractivity contribution < 1.29 is 4.79 Å². The molecule has 0 aliphatic carbocycles. The van der Waals surface area contributed by atoms with Crippen molar-refractivity contribution in [2.24, 2.45) is 11.8 Å². The van der Waals surface area contributed by atoms with Crippen molar-refractivity contribution in [1.29, 1.82) is 0 Å². The average molecular weight is 338 g/mol. The number of hydrogen-bond acceptors (Lipinski definition) is 4. The van der Waals surface area contributed by atoms with E-state index < -0.39 is 0 Å². The number of anilines is 1. The van der Waals surface area contributed by atoms with Gasteiger partial charge in [0, 0.05) is 24.7 Å². The van der Waals surface area contributed by atoms with Crippen LogP contribution in [0, 0.1) is 11.8 Å². The first kappa shape index (κ1) is 20.2. The van der Waals surface area contributed by atoms with Gasteiger partial charge in [-0.2, -0.15) is 5.10 Å². The number of hydrogen-bond donors (Lipinski definition) is 2. The van der Waals surface area contributed by atoms with Crippen molar-refractivity contribution in [3.8, 4) is 0 Å². The first-order valence-electron chi connectivity index (χ1n) is 6.76. The Labute approximate surface area is 138 Å². The van der Waals surface area contributed by atoms with Crippen LogP contribution in [-0.4, -0.2) is 54.3 Å². The van der Waals surface area contributed by atoms with E-state index in [1.54, 1.807) is 0 Å². The van der Waals surface area contributed by atoms with Gasteiger partial charge in [0.15, 0.2) is 5.82 Å². The van der Waals surface area contributed by atoms with Crippen molar-refractivity contribution in [3.05, 3.63) is 12.3 Å². The highest BCUT2D eigenvalue weighted by molar-refractivity contribution is 5.91. The van der Waals surface area contributed by atoms with Crippen LogP contribution < -0.4 is 10.6 Å². The normalized spacial score (nSPS) is 15.6. The average Bonchev–Trinajstić information content (AvgIpc) is 2.71. The third-order valence-electron chi connectivity index (χ3n) is 3.60. The molecule has 21 heavy (non-hydrogen) atoms. The molecule has 8 heteroatoms. The standard InChI is InChI=1S/C13H23N5O.2ClH/c1-10(11-8-14-9-11)13(19)15-12-4-5-18(16-12)7-6-17(2)3;;/h4-5,10-11,14H,6-9H2,1-3H3,(H,15,16,19);2*1H. The molecule has 0 saturated carbocycles. The zero-order valence-corrected chi connectivity index (χ0v) is 14.3. The lowest BCUT2D eigenvalue weighted by atomic mass is 9.88. The van der Waals surface area contributed by atoms with Crippen LogP contribution >= 0.6 is 24.8 Å². The Morgan fingerprint density at radius 1 is 1.52 bits per heavy atom. The maximum atomic E-state index is 12.0. The molecule has 1 amide bonds. The van der Waals surface area contributed by atoms with E-state index in [0.717, 1.165) is 26.2 Å². The molecule has 0 aromatic carbocycles. The zero-order valence-electron chi connectivity index (χ0n) is 12.7. The van der Waals surface area contributed by atoms with E-state index in [1.807, 2.05) is 38.0 Å². The molecule has 2 rings (SSSR count). The fraction of sp³-hybridized carbons (Fsp3) is 0.692. The Hall–Kier alpha value is -0.820. The molecule has 1 aromatic heterocycles. The number of amides is 1. The van der Waals surface area contributed by atoms with Crippen LogP contribution in [0.1, 0.15) is 6.92 Å². The predicted molar refractivity (Wildman–Crippen MR) is 89.4 cm³/mol. The van der Waals surface area contributed by atoms with Crippen molar-refractivity contribution in [2.75, 3.05) is 39.0 Å². The largest absolute Gasteiger partial charge is 0.316 e. The third kappa shape index (κ3) is 5.82. The van der Waals surface area contributed by atoms with Gasteiger partial charge in [0.05, 0.1) is 6.54 Å². The molecule has 2 N–H and O–H groups in total. The number of halogens is 2. The molecule has 1 atom stereocenters. The number of nitrogens with zero attached hydrogens (tertiary/aromatic N) is 3. The summed E-state index contributed by atoms with van der Waals surface area (Å²) in [7, 11) is 4.06. The number of nitrogens with one attached hydrogen (secondary N) is 2. The maximum Gasteiger partial charge on any atom is 0.228 e. The fourth-order valence-electron chi connectivity index (χ4n) is 1.97. The van der Waals surface area contributed by atoms with Gasteiger partial charge in [-0.1, -0.05) is 6.92 Å². The van der Waals surface area contributed by atoms with Crippen LogP contribution in [0.5, 0.6) is 0 Å². The van der Waals surface area contributed by atoms with Gasteiger partial charge in [-0.15, -0.1) is 24.8 Å². The lowest BCUT2D eigenvalue weighted by Gasteiger charge is -2.31. The van der Waals surface area contributed by atoms with Gasteiger partial charge in [-0.05, 0) is 33.1 Å². The highest BCUT2D eigenvalue weighted by Gasteiger charge is 2.28. The van der Waals surface area contributed by atoms with E-state index >= 15 is 0 Å². The fourth-order valence-corrected chi connectivity index (χ4v) is 1.97. The van der Waals surface area contributed by atoms with Gasteiger partial charge in [0.2, 0.25) is 5.91 Å². The molecule has 0 radical (unpaired) electrons. The summed E-state index contributed by atoms with van der Waals surface area (Å²) < 4.78 is 1.85. The van der Waals surface area contributed by atoms with Gasteiger partial charge < -0.3 is 15.5 Å². The van der Waals surface area contributed by atoms with Gasteiger partial charge in [0.25, 0.3) is 0 Å². The summed E-state index contributed by atoms with van der Waals surface area (Å²) in [5, 5.41) is 10.4. The smallest absolute Gasteiger partial charge is 0.228 e. The third-order valence-corrected chi connectivity index (χ3v) is 3.60. The number of rotatable bonds is 6. The minimum atomic E-state index is 0. The van der Waals surface area contributed by atoms with Crippen molar-refractivity contribution in [1.82, 2.24) is 20.0 Å². The molecule has 2 heterocycles. The molecule has 0 bridgehead atoms. The molecule has 122 valence electrons. The highest BCUT2D eigenvalue weighted by Crippen LogP contribution is 2.17. The Morgan fingerprint density at radius 2 is 2.19 bits per heavy atom. The number of carbonyl (C=O) groups excluding carboxylic acids is 1. The van der Waals surface area contributed by atoms with Crippen LogP contribution in [0.15, 0.2) is 12.3 Å². The summed E-state index contributed by atoms with van der Waals surface area (Å²) in [4.78, 5) is 14.1. The van der Waals surface area contributed by atoms with Crippen LogP contribution in [0.2, 0.25) is 0 Å². The summed E-state index contributed by atoms with van der Waals surface area (Å²) in [5.41, 5.74) is 0. The van der Waals surface area contributed by atoms with Crippen LogP contribution in [-0.2, 0) is 11.3 Å². The second-order valence-corrected chi connectivity index (χ2v) is 5.46. The predicted octanol–water partition coefficient (Wildman–Crippen LogP) is 1.08. The monoisotopic (exact) mass is 337 g/mol. The Morgan fingerprint density at radius 3 is 2.71 bits per heavy atom. The zero-order chi connectivity index (χ0) is 13.8. The van der Waals surface area contributed by atoms with E-state index in [-0.39, 0.29) is 36.6 Å². The first-order valence-corrected chi connectivity index (χ1v) is 6.76. The quantitative estimate of drug-likeness (QED) is 0.815. The van der Waals surface area contributed by atoms with Gasteiger partial charge >= 0.3 is 0 Å². The lowest BCUT2D eigenvalue weighted by Crippen LogP contribution is -2.48. The summed E-state index contributed by atoms with van der Waals surface area (Å²) in [6.45, 7) is 5.60. The Balaban J connectivity index is 0.00000200. The van der Waals surface area contributed by atoms with E-state index in [0.29, 0.717) is 11.7 Å². The maximum absolute atomic E-state index is 12.0. The van der Waals surface area contributed by atoms with E-state index in [2.05, 4.69) is 20.6 Å². The van der Waals surface area contributed by atoms with Crippen molar-refractivity contribution >= 4 is 36.5 Å². The molecule has 1 aromatic rings. The molecule has 1 aliphatic rings. The molecule has 6 nitrogen and oxygen atoms in total. The topological polar surface area (TPSA) is 62.2 Å². The molecular formula is C13H25Cl2N5O. The minimum absolute atomic E-state index is 0. The molecule has 0 spiro atoms. The van der Waals surface area contributed by atoms with Crippen LogP contribution in [0.25, 0.3) is 0 Å². The lowest BCUT2D eigenvalue weighted by molar-refractivity contribution is -0.121. The van der Waals surface area contributed by atoms with Crippen molar-refractivity contribution in [3.63, 3.8) is 0 Å². The van der Waals surface area contributed by atoms with E-state index in [1.165, 1.54) is 0 Å². The molecule has 1 saturated heterocycles. The Kier molecular flexibility index (Phi) is 8.89. The second kappa shape index (κ2) is 9.25. The van der Waals surface area contributed by atoms with Crippen molar-refractivity contribution in [2.45, 2.75) is 13.5 Å². The van der Waals surface area contributed by atoms with Gasteiger partial charge in [-0.25, -0.2) is 0 Å². The number of carbonyl (C=O) groups is 1. The highest BCUT2D eigenvalue weighted by atomic mass is 35.5. The molecule has 1 fully saturated rings. The van der Waals surface area contributed by atoms with E-state index in [4.69, 9.17) is 0 Å². The number of aromatic nitrogens is 2. The van der Waals surface area contributed by atoms with E-state index in [9.17, 15) is 4.79 Å². The van der Waals surface area contributed by atoms with Gasteiger partial charge in [-0.3, -0.25) is 9.48 Å². The second-order valence-electron chi connectivity index (χ2n) is 5.46. The Bertz CT molecular complexity index is 434. The molecular weight excluding hydrogens is 313 g/mol. The van der Waals surface area contributed by atoms with Crippen LogP contribution in [0.3, 0.4) is 0 Å². The molecule has 1 aliphatic heterocycles. The summed E-state index contributed by atoms with van der Waals surface area (Å²) in [5.74, 6) is 1.19. The van der Waals surface area contributed by atoms with Gasteiger partial charge in [0.1, 0.15) is 0 Å². The summed E-state index contributed by atoms with van der Waals surface area (Å²) in [6.07, 6.45) is 1.90. The SMILES string of the molecule is CC(C(=O)Nc1ccn(CCN(C)C)n1)C1CNC1.Cl.Cl. The molecule has 1 unspecified atom stereocenters. The minimum Gasteiger partial charge on any atom is -0.316 e.